The van der Waals surface area contributed by atoms with E-state index in [2.05, 4.69) is 16.6 Å². The molecule has 0 unspecified atom stereocenters. The van der Waals surface area contributed by atoms with Gasteiger partial charge in [-0.15, -0.1) is 12.4 Å². The third kappa shape index (κ3) is 4.46. The zero-order valence-electron chi connectivity index (χ0n) is 10.5. The Morgan fingerprint density at radius 2 is 1.68 bits per heavy atom. The van der Waals surface area contributed by atoms with Crippen LogP contribution in [0.4, 0.5) is 5.69 Å². The number of nitriles is 1. The predicted molar refractivity (Wildman–Crippen MR) is 80.8 cm³/mol. The van der Waals surface area contributed by atoms with Gasteiger partial charge in [-0.05, 0) is 36.8 Å². The van der Waals surface area contributed by atoms with Crippen LogP contribution in [0.2, 0.25) is 0 Å². The molecule has 0 bridgehead atoms. The number of nitrogens with one attached hydrogen (secondary N) is 1. The van der Waals surface area contributed by atoms with Gasteiger partial charge in [-0.2, -0.15) is 10.4 Å². The summed E-state index contributed by atoms with van der Waals surface area (Å²) < 4.78 is 0. The highest BCUT2D eigenvalue weighted by atomic mass is 35.5. The number of nitrogens with zero attached hydrogens (tertiary/aromatic N) is 2. The van der Waals surface area contributed by atoms with Gasteiger partial charge in [0.25, 0.3) is 0 Å². The summed E-state index contributed by atoms with van der Waals surface area (Å²) in [5.74, 6) is 0. The van der Waals surface area contributed by atoms with Gasteiger partial charge in [0.2, 0.25) is 0 Å². The minimum absolute atomic E-state index is 0. The van der Waals surface area contributed by atoms with Crippen molar-refractivity contribution in [3.05, 3.63) is 65.2 Å². The van der Waals surface area contributed by atoms with Gasteiger partial charge in [0.05, 0.1) is 23.5 Å². The van der Waals surface area contributed by atoms with Gasteiger partial charge in [-0.3, -0.25) is 5.43 Å². The molecule has 0 aliphatic carbocycles. The molecule has 0 saturated carbocycles. The molecule has 0 aliphatic rings. The maximum Gasteiger partial charge on any atom is 0.0991 e. The maximum absolute atomic E-state index is 8.68. The fraction of sp³-hybridized carbons (Fsp3) is 0.0667. The quantitative estimate of drug-likeness (QED) is 0.683. The van der Waals surface area contributed by atoms with Crippen LogP contribution in [-0.4, -0.2) is 6.21 Å². The molecule has 0 spiro atoms. The summed E-state index contributed by atoms with van der Waals surface area (Å²) >= 11 is 0. The molecule has 0 amide bonds. The lowest BCUT2D eigenvalue weighted by Crippen LogP contribution is -1.90. The topological polar surface area (TPSA) is 48.2 Å². The van der Waals surface area contributed by atoms with E-state index in [-0.39, 0.29) is 12.4 Å². The molecule has 19 heavy (non-hydrogen) atoms. The summed E-state index contributed by atoms with van der Waals surface area (Å²) in [6.07, 6.45) is 1.72. The van der Waals surface area contributed by atoms with Gasteiger partial charge in [0, 0.05) is 0 Å². The van der Waals surface area contributed by atoms with Crippen LogP contribution in [-0.2, 0) is 0 Å². The van der Waals surface area contributed by atoms with E-state index in [4.69, 9.17) is 5.26 Å². The summed E-state index contributed by atoms with van der Waals surface area (Å²) in [6, 6.07) is 17.4. The van der Waals surface area contributed by atoms with E-state index in [1.165, 1.54) is 5.56 Å². The Morgan fingerprint density at radius 3 is 2.26 bits per heavy atom. The van der Waals surface area contributed by atoms with Crippen LogP contribution >= 0.6 is 12.4 Å². The van der Waals surface area contributed by atoms with Crippen molar-refractivity contribution in [2.75, 3.05) is 5.43 Å². The standard InChI is InChI=1S/C15H13N3.ClH/c1-12-2-8-15(9-3-12)18-17-11-14-6-4-13(10-16)5-7-14;/h2-9,11,18H,1H3;1H. The van der Waals surface area contributed by atoms with E-state index in [1.807, 2.05) is 43.3 Å². The van der Waals surface area contributed by atoms with Gasteiger partial charge >= 0.3 is 0 Å². The zero-order valence-corrected chi connectivity index (χ0v) is 11.3. The minimum Gasteiger partial charge on any atom is -0.279 e. The summed E-state index contributed by atoms with van der Waals surface area (Å²) in [5.41, 5.74) is 6.73. The van der Waals surface area contributed by atoms with E-state index in [0.717, 1.165) is 11.3 Å². The Kier molecular flexibility index (Phi) is 5.59. The SMILES string of the molecule is Cc1ccc(NN=Cc2ccc(C#N)cc2)cc1.Cl. The monoisotopic (exact) mass is 271 g/mol. The van der Waals surface area contributed by atoms with Crippen molar-refractivity contribution in [3.63, 3.8) is 0 Å². The molecule has 0 aromatic heterocycles. The van der Waals surface area contributed by atoms with Gasteiger partial charge in [0.15, 0.2) is 0 Å². The summed E-state index contributed by atoms with van der Waals surface area (Å²) in [7, 11) is 0. The van der Waals surface area contributed by atoms with Crippen LogP contribution in [0, 0.1) is 18.3 Å². The molecule has 0 heterocycles. The number of halogens is 1. The molecule has 0 radical (unpaired) electrons. The molecule has 2 aromatic carbocycles. The number of benzene rings is 2. The van der Waals surface area contributed by atoms with Crippen molar-refractivity contribution < 1.29 is 0 Å². The molecule has 96 valence electrons. The smallest absolute Gasteiger partial charge is 0.0991 e. The first-order valence-electron chi connectivity index (χ1n) is 5.64. The molecule has 0 aliphatic heterocycles. The van der Waals surface area contributed by atoms with Crippen LogP contribution in [0.1, 0.15) is 16.7 Å². The second-order valence-electron chi connectivity index (χ2n) is 3.97. The van der Waals surface area contributed by atoms with E-state index < -0.39 is 0 Å². The molecular formula is C15H14ClN3. The number of hydrazone groups is 1. The lowest BCUT2D eigenvalue weighted by molar-refractivity contribution is 1.34. The average Bonchev–Trinajstić information content (AvgIpc) is 2.42. The van der Waals surface area contributed by atoms with Crippen molar-refractivity contribution >= 4 is 24.3 Å². The summed E-state index contributed by atoms with van der Waals surface area (Å²) in [6.45, 7) is 2.05. The van der Waals surface area contributed by atoms with Gasteiger partial charge in [0.1, 0.15) is 0 Å². The molecule has 0 fully saturated rings. The summed E-state index contributed by atoms with van der Waals surface area (Å²) in [4.78, 5) is 0. The highest BCUT2D eigenvalue weighted by Gasteiger charge is 1.91. The van der Waals surface area contributed by atoms with Crippen molar-refractivity contribution in [1.82, 2.24) is 0 Å². The lowest BCUT2D eigenvalue weighted by Gasteiger charge is -2.00. The zero-order chi connectivity index (χ0) is 12.8. The van der Waals surface area contributed by atoms with Gasteiger partial charge in [-0.1, -0.05) is 29.8 Å². The van der Waals surface area contributed by atoms with Crippen LogP contribution in [0.25, 0.3) is 0 Å². The third-order valence-corrected chi connectivity index (χ3v) is 2.50. The summed E-state index contributed by atoms with van der Waals surface area (Å²) in [5, 5.41) is 12.8. The fourth-order valence-corrected chi connectivity index (χ4v) is 1.45. The third-order valence-electron chi connectivity index (χ3n) is 2.50. The van der Waals surface area contributed by atoms with Gasteiger partial charge < -0.3 is 0 Å². The number of anilines is 1. The van der Waals surface area contributed by atoms with Crippen LogP contribution in [0.15, 0.2) is 53.6 Å². The maximum atomic E-state index is 8.68. The first-order valence-corrected chi connectivity index (χ1v) is 5.64. The Hall–Kier alpha value is -2.31. The van der Waals surface area contributed by atoms with Crippen LogP contribution in [0.5, 0.6) is 0 Å². The number of aryl methyl sites for hydroxylation is 1. The van der Waals surface area contributed by atoms with Crippen molar-refractivity contribution in [1.29, 1.82) is 5.26 Å². The Bertz CT molecular complexity index is 580. The van der Waals surface area contributed by atoms with Crippen molar-refractivity contribution in [3.8, 4) is 6.07 Å². The Balaban J connectivity index is 0.00000180. The van der Waals surface area contributed by atoms with E-state index >= 15 is 0 Å². The number of hydrogen-bond acceptors (Lipinski definition) is 3. The number of hydrogen-bond donors (Lipinski definition) is 1. The van der Waals surface area contributed by atoms with E-state index in [0.29, 0.717) is 5.56 Å². The molecule has 2 rings (SSSR count). The molecule has 3 nitrogen and oxygen atoms in total. The number of rotatable bonds is 3. The molecule has 2 aromatic rings. The Morgan fingerprint density at radius 1 is 1.05 bits per heavy atom. The normalized spacial score (nSPS) is 9.68. The second kappa shape index (κ2) is 7.20. The van der Waals surface area contributed by atoms with Gasteiger partial charge in [-0.25, -0.2) is 0 Å². The van der Waals surface area contributed by atoms with Crippen LogP contribution < -0.4 is 5.43 Å². The molecule has 1 N–H and O–H groups in total. The second-order valence-corrected chi connectivity index (χ2v) is 3.97. The van der Waals surface area contributed by atoms with Crippen molar-refractivity contribution in [2.24, 2.45) is 5.10 Å². The lowest BCUT2D eigenvalue weighted by atomic mass is 10.2. The fourth-order valence-electron chi connectivity index (χ4n) is 1.45. The van der Waals surface area contributed by atoms with E-state index in [1.54, 1.807) is 18.3 Å². The molecule has 0 saturated heterocycles. The first-order chi connectivity index (χ1) is 8.78. The highest BCUT2D eigenvalue weighted by Crippen LogP contribution is 2.08. The molecular weight excluding hydrogens is 258 g/mol. The van der Waals surface area contributed by atoms with Crippen molar-refractivity contribution in [2.45, 2.75) is 6.92 Å². The highest BCUT2D eigenvalue weighted by molar-refractivity contribution is 5.85. The molecule has 0 atom stereocenters. The largest absolute Gasteiger partial charge is 0.279 e. The first kappa shape index (κ1) is 14.7. The van der Waals surface area contributed by atoms with E-state index in [9.17, 15) is 0 Å². The minimum atomic E-state index is 0. The predicted octanol–water partition coefficient (Wildman–Crippen LogP) is 3.73. The van der Waals surface area contributed by atoms with Crippen LogP contribution in [0.3, 0.4) is 0 Å². The average molecular weight is 272 g/mol. The Labute approximate surface area is 119 Å². The molecule has 4 heteroatoms.